The van der Waals surface area contributed by atoms with Gasteiger partial charge in [0.2, 0.25) is 0 Å². The Morgan fingerprint density at radius 2 is 1.84 bits per heavy atom. The summed E-state index contributed by atoms with van der Waals surface area (Å²) in [4.78, 5) is 10.9. The number of nitrogens with one attached hydrogen (secondary N) is 1. The first kappa shape index (κ1) is 19.4. The van der Waals surface area contributed by atoms with E-state index in [0.717, 1.165) is 22.6 Å². The maximum atomic E-state index is 14.0. The smallest absolute Gasteiger partial charge is 0.170 e. The molecule has 154 valence electrons. The number of hydrogen-bond acceptors (Lipinski definition) is 3. The lowest BCUT2D eigenvalue weighted by atomic mass is 10.0. The summed E-state index contributed by atoms with van der Waals surface area (Å²) in [6.07, 6.45) is 7.30. The second-order valence-corrected chi connectivity index (χ2v) is 7.78. The number of thiocarbonyl (C=S) groups is 1. The van der Waals surface area contributed by atoms with Gasteiger partial charge in [-0.05, 0) is 72.4 Å². The van der Waals surface area contributed by atoms with Crippen LogP contribution in [0.4, 0.5) is 4.39 Å². The predicted molar refractivity (Wildman–Crippen MR) is 121 cm³/mol. The Balaban J connectivity index is 1.61. The normalized spacial score (nSPS) is 18.2. The Hall–Kier alpha value is -3.58. The predicted octanol–water partition coefficient (Wildman–Crippen LogP) is 4.58. The van der Waals surface area contributed by atoms with Gasteiger partial charge in [-0.2, -0.15) is 0 Å². The van der Waals surface area contributed by atoms with Crippen molar-refractivity contribution in [1.82, 2.24) is 24.8 Å². The van der Waals surface area contributed by atoms with E-state index in [-0.39, 0.29) is 17.9 Å². The van der Waals surface area contributed by atoms with E-state index >= 15 is 0 Å². The molecule has 1 aliphatic heterocycles. The van der Waals surface area contributed by atoms with Crippen LogP contribution in [0, 0.1) is 5.82 Å². The molecule has 1 N–H and O–H groups in total. The molecule has 0 aliphatic carbocycles. The van der Waals surface area contributed by atoms with E-state index in [4.69, 9.17) is 12.2 Å². The summed E-state index contributed by atoms with van der Waals surface area (Å²) in [6, 6.07) is 20.2. The lowest BCUT2D eigenvalue weighted by Crippen LogP contribution is -2.30. The molecule has 0 spiro atoms. The first-order valence-electron chi connectivity index (χ1n) is 10.0. The summed E-state index contributed by atoms with van der Waals surface area (Å²) in [5.41, 5.74) is 3.78. The standard InChI is InChI=1S/C24H20FN5S/c25-18-5-3-6-19(15-18)29-14-4-8-21(29)23-22(20-7-1-2-11-27-20)28-24(31)30(23)16-17-9-12-26-13-10-17/h1-15,22-23H,16H2,(H,28,31)/t22-,23-/m0/s1. The molecule has 3 aromatic heterocycles. The average Bonchev–Trinajstić information content (AvgIpc) is 3.40. The number of nitrogens with zero attached hydrogens (tertiary/aromatic N) is 4. The molecule has 0 saturated carbocycles. The fraction of sp³-hybridized carbons (Fsp3) is 0.125. The molecular formula is C24H20FN5S. The van der Waals surface area contributed by atoms with Crippen LogP contribution in [0.1, 0.15) is 29.0 Å². The molecule has 5 rings (SSSR count). The molecule has 4 heterocycles. The first-order chi connectivity index (χ1) is 15.2. The van der Waals surface area contributed by atoms with E-state index in [1.807, 2.05) is 53.2 Å². The van der Waals surface area contributed by atoms with Gasteiger partial charge in [-0.3, -0.25) is 9.97 Å². The van der Waals surface area contributed by atoms with Gasteiger partial charge in [0.25, 0.3) is 0 Å². The van der Waals surface area contributed by atoms with Gasteiger partial charge >= 0.3 is 0 Å². The third kappa shape index (κ3) is 3.80. The molecule has 1 fully saturated rings. The molecule has 7 heteroatoms. The second-order valence-electron chi connectivity index (χ2n) is 7.39. The summed E-state index contributed by atoms with van der Waals surface area (Å²) >= 11 is 5.75. The molecule has 1 aliphatic rings. The largest absolute Gasteiger partial charge is 0.352 e. The molecule has 4 aromatic rings. The highest BCUT2D eigenvalue weighted by Gasteiger charge is 2.41. The lowest BCUT2D eigenvalue weighted by molar-refractivity contribution is 0.302. The Kier molecular flexibility index (Phi) is 5.18. The van der Waals surface area contributed by atoms with Gasteiger partial charge in [0, 0.05) is 42.7 Å². The minimum Gasteiger partial charge on any atom is -0.352 e. The third-order valence-corrected chi connectivity index (χ3v) is 5.82. The summed E-state index contributed by atoms with van der Waals surface area (Å²) in [5, 5.41) is 4.12. The minimum atomic E-state index is -0.271. The van der Waals surface area contributed by atoms with Crippen molar-refractivity contribution in [1.29, 1.82) is 0 Å². The number of rotatable bonds is 5. The van der Waals surface area contributed by atoms with Crippen LogP contribution in [0.2, 0.25) is 0 Å². The Bertz CT molecular complexity index is 1190. The maximum absolute atomic E-state index is 14.0. The summed E-state index contributed by atoms with van der Waals surface area (Å²) < 4.78 is 16.0. The fourth-order valence-electron chi connectivity index (χ4n) is 4.08. The second kappa shape index (κ2) is 8.28. The van der Waals surface area contributed by atoms with Crippen LogP contribution in [-0.2, 0) is 6.54 Å². The molecule has 0 amide bonds. The molecule has 2 atom stereocenters. The van der Waals surface area contributed by atoms with E-state index in [9.17, 15) is 4.39 Å². The van der Waals surface area contributed by atoms with Crippen molar-refractivity contribution >= 4 is 17.3 Å². The molecule has 1 aromatic carbocycles. The topological polar surface area (TPSA) is 46.0 Å². The van der Waals surface area contributed by atoms with E-state index in [0.29, 0.717) is 11.7 Å². The van der Waals surface area contributed by atoms with Crippen molar-refractivity contribution in [2.24, 2.45) is 0 Å². The first-order valence-corrected chi connectivity index (χ1v) is 10.4. The molecule has 1 saturated heterocycles. The summed E-state index contributed by atoms with van der Waals surface area (Å²) in [5.74, 6) is -0.271. The monoisotopic (exact) mass is 429 g/mol. The third-order valence-electron chi connectivity index (χ3n) is 5.47. The van der Waals surface area contributed by atoms with Crippen LogP contribution in [0.3, 0.4) is 0 Å². The van der Waals surface area contributed by atoms with E-state index in [1.165, 1.54) is 12.1 Å². The maximum Gasteiger partial charge on any atom is 0.170 e. The fourth-order valence-corrected chi connectivity index (χ4v) is 4.38. The van der Waals surface area contributed by atoms with Gasteiger partial charge in [-0.25, -0.2) is 4.39 Å². The van der Waals surface area contributed by atoms with Crippen LogP contribution in [0.5, 0.6) is 0 Å². The molecule has 0 bridgehead atoms. The highest BCUT2D eigenvalue weighted by molar-refractivity contribution is 7.80. The number of benzene rings is 1. The quantitative estimate of drug-likeness (QED) is 0.471. The Labute approximate surface area is 185 Å². The van der Waals surface area contributed by atoms with Crippen LogP contribution in [0.25, 0.3) is 5.69 Å². The lowest BCUT2D eigenvalue weighted by Gasteiger charge is -2.29. The van der Waals surface area contributed by atoms with Gasteiger partial charge in [0.15, 0.2) is 5.11 Å². The van der Waals surface area contributed by atoms with Crippen molar-refractivity contribution < 1.29 is 4.39 Å². The number of aromatic nitrogens is 3. The van der Waals surface area contributed by atoms with Crippen LogP contribution in [0.15, 0.2) is 91.5 Å². The van der Waals surface area contributed by atoms with Crippen LogP contribution < -0.4 is 5.32 Å². The molecule has 0 unspecified atom stereocenters. The summed E-state index contributed by atoms with van der Waals surface area (Å²) in [6.45, 7) is 0.622. The average molecular weight is 430 g/mol. The van der Waals surface area contributed by atoms with Gasteiger partial charge in [-0.15, -0.1) is 0 Å². The van der Waals surface area contributed by atoms with Crippen molar-refractivity contribution in [2.45, 2.75) is 18.6 Å². The minimum absolute atomic E-state index is 0.131. The Morgan fingerprint density at radius 1 is 0.968 bits per heavy atom. The van der Waals surface area contributed by atoms with Gasteiger partial charge in [0.1, 0.15) is 5.82 Å². The van der Waals surface area contributed by atoms with Gasteiger partial charge in [0.05, 0.1) is 17.8 Å². The van der Waals surface area contributed by atoms with Crippen LogP contribution >= 0.6 is 12.2 Å². The molecule has 0 radical (unpaired) electrons. The zero-order chi connectivity index (χ0) is 21.2. The molecular weight excluding hydrogens is 409 g/mol. The highest BCUT2D eigenvalue weighted by atomic mass is 32.1. The zero-order valence-electron chi connectivity index (χ0n) is 16.6. The molecule has 31 heavy (non-hydrogen) atoms. The van der Waals surface area contributed by atoms with E-state index in [2.05, 4.69) is 26.3 Å². The van der Waals surface area contributed by atoms with Gasteiger partial charge in [-0.1, -0.05) is 12.1 Å². The molecule has 5 nitrogen and oxygen atoms in total. The number of halogens is 1. The van der Waals surface area contributed by atoms with Crippen molar-refractivity contribution in [3.63, 3.8) is 0 Å². The zero-order valence-corrected chi connectivity index (χ0v) is 17.4. The Morgan fingerprint density at radius 3 is 2.61 bits per heavy atom. The SMILES string of the molecule is Fc1cccc(-n2cccc2[C@H]2[C@H](c3ccccn3)NC(=S)N2Cc2ccncc2)c1. The summed E-state index contributed by atoms with van der Waals surface area (Å²) in [7, 11) is 0. The van der Waals surface area contributed by atoms with E-state index in [1.54, 1.807) is 24.7 Å². The number of pyridine rings is 2. The van der Waals surface area contributed by atoms with Crippen molar-refractivity contribution in [3.05, 3.63) is 114 Å². The van der Waals surface area contributed by atoms with Crippen LogP contribution in [-0.4, -0.2) is 24.5 Å². The van der Waals surface area contributed by atoms with Gasteiger partial charge < -0.3 is 14.8 Å². The highest BCUT2D eigenvalue weighted by Crippen LogP contribution is 2.40. The number of hydrogen-bond donors (Lipinski definition) is 1. The van der Waals surface area contributed by atoms with E-state index < -0.39 is 0 Å². The van der Waals surface area contributed by atoms with Crippen molar-refractivity contribution in [3.8, 4) is 5.69 Å². The van der Waals surface area contributed by atoms with Crippen molar-refractivity contribution in [2.75, 3.05) is 0 Å².